The van der Waals surface area contributed by atoms with Gasteiger partial charge in [0.1, 0.15) is 12.2 Å². The summed E-state index contributed by atoms with van der Waals surface area (Å²) >= 11 is 1.45. The number of carbonyl (C=O) groups excluding carboxylic acids is 2. The molecule has 0 fully saturated rings. The summed E-state index contributed by atoms with van der Waals surface area (Å²) in [6.45, 7) is 0.142. The van der Waals surface area contributed by atoms with E-state index in [1.165, 1.54) is 11.3 Å². The van der Waals surface area contributed by atoms with E-state index in [0.717, 1.165) is 22.6 Å². The van der Waals surface area contributed by atoms with Gasteiger partial charge in [0.2, 0.25) is 5.91 Å². The van der Waals surface area contributed by atoms with Gasteiger partial charge in [0.15, 0.2) is 17.1 Å². The molecule has 3 heterocycles. The Balaban J connectivity index is 1.94. The van der Waals surface area contributed by atoms with Gasteiger partial charge in [-0.1, -0.05) is 12.1 Å². The number of nitrogens with one attached hydrogen (secondary N) is 1. The topological polar surface area (TPSA) is 66.7 Å². The number of benzene rings is 1. The first-order valence-electron chi connectivity index (χ1n) is 6.35. The van der Waals surface area contributed by atoms with Crippen LogP contribution >= 0.6 is 11.3 Å². The van der Waals surface area contributed by atoms with Gasteiger partial charge >= 0.3 is 0 Å². The minimum atomic E-state index is -0.123. The van der Waals surface area contributed by atoms with Crippen molar-refractivity contribution < 1.29 is 9.59 Å². The van der Waals surface area contributed by atoms with Crippen molar-refractivity contribution in [2.45, 2.75) is 0 Å². The average molecular weight is 298 g/mol. The van der Waals surface area contributed by atoms with Crippen molar-refractivity contribution in [2.24, 2.45) is 0 Å². The number of rotatable bonds is 2. The number of thiazole rings is 1. The highest BCUT2D eigenvalue weighted by Crippen LogP contribution is 2.36. The predicted octanol–water partition coefficient (Wildman–Crippen LogP) is 2.30. The summed E-state index contributed by atoms with van der Waals surface area (Å²) in [5, 5.41) is 4.69. The third-order valence-corrected chi connectivity index (χ3v) is 4.17. The zero-order valence-electron chi connectivity index (χ0n) is 10.8. The van der Waals surface area contributed by atoms with Crippen molar-refractivity contribution in [2.75, 3.05) is 16.8 Å². The highest BCUT2D eigenvalue weighted by atomic mass is 32.1. The van der Waals surface area contributed by atoms with E-state index in [0.29, 0.717) is 11.5 Å². The molecule has 1 N–H and O–H groups in total. The molecule has 3 aromatic rings. The minimum absolute atomic E-state index is 0.123. The lowest BCUT2D eigenvalue weighted by atomic mass is 10.2. The van der Waals surface area contributed by atoms with E-state index in [4.69, 9.17) is 0 Å². The number of hydrogen-bond acceptors (Lipinski definition) is 5. The van der Waals surface area contributed by atoms with Crippen molar-refractivity contribution in [3.8, 4) is 0 Å². The van der Waals surface area contributed by atoms with Crippen LogP contribution in [0.4, 0.5) is 17.2 Å². The Bertz CT molecular complexity index is 867. The zero-order chi connectivity index (χ0) is 14.4. The lowest BCUT2D eigenvalue weighted by Gasteiger charge is -2.29. The second-order valence-corrected chi connectivity index (χ2v) is 5.52. The Hall–Kier alpha value is -2.67. The van der Waals surface area contributed by atoms with Gasteiger partial charge in [-0.15, -0.1) is 11.3 Å². The minimum Gasteiger partial charge on any atom is -0.323 e. The molecule has 0 saturated carbocycles. The van der Waals surface area contributed by atoms with Crippen LogP contribution in [0.1, 0.15) is 10.5 Å². The van der Waals surface area contributed by atoms with Gasteiger partial charge in [-0.25, -0.2) is 4.98 Å². The number of anilines is 3. The lowest BCUT2D eigenvalue weighted by molar-refractivity contribution is -0.115. The highest BCUT2D eigenvalue weighted by molar-refractivity contribution is 7.15. The predicted molar refractivity (Wildman–Crippen MR) is 80.5 cm³/mol. The van der Waals surface area contributed by atoms with Crippen molar-refractivity contribution >= 4 is 45.7 Å². The Morgan fingerprint density at radius 2 is 2.19 bits per heavy atom. The number of hydrogen-bond donors (Lipinski definition) is 1. The Labute approximate surface area is 123 Å². The van der Waals surface area contributed by atoms with Gasteiger partial charge in [-0.05, 0) is 12.1 Å². The first-order valence-corrected chi connectivity index (χ1v) is 7.23. The molecular weight excluding hydrogens is 288 g/mol. The van der Waals surface area contributed by atoms with Gasteiger partial charge in [-0.3, -0.25) is 14.0 Å². The molecule has 0 unspecified atom stereocenters. The summed E-state index contributed by atoms with van der Waals surface area (Å²) in [5.74, 6) is 0.390. The summed E-state index contributed by atoms with van der Waals surface area (Å²) in [4.78, 5) is 30.3. The first-order chi connectivity index (χ1) is 10.3. The van der Waals surface area contributed by atoms with Gasteiger partial charge in [-0.2, -0.15) is 0 Å². The van der Waals surface area contributed by atoms with E-state index in [9.17, 15) is 9.59 Å². The molecule has 1 amide bonds. The fourth-order valence-electron chi connectivity index (χ4n) is 2.52. The zero-order valence-corrected chi connectivity index (χ0v) is 11.6. The summed E-state index contributed by atoms with van der Waals surface area (Å²) in [6, 6.07) is 7.48. The van der Waals surface area contributed by atoms with E-state index < -0.39 is 0 Å². The van der Waals surface area contributed by atoms with Crippen LogP contribution in [-0.4, -0.2) is 28.1 Å². The summed E-state index contributed by atoms with van der Waals surface area (Å²) in [6.07, 6.45) is 2.58. The molecule has 1 aromatic carbocycles. The molecule has 2 aromatic heterocycles. The molecule has 4 rings (SSSR count). The number of fused-ring (bicyclic) bond motifs is 2. The second kappa shape index (κ2) is 4.42. The van der Waals surface area contributed by atoms with Crippen LogP contribution in [-0.2, 0) is 4.79 Å². The molecule has 0 bridgehead atoms. The normalized spacial score (nSPS) is 14.1. The van der Waals surface area contributed by atoms with E-state index in [1.54, 1.807) is 15.5 Å². The molecule has 0 spiro atoms. The van der Waals surface area contributed by atoms with Gasteiger partial charge in [0, 0.05) is 11.6 Å². The van der Waals surface area contributed by atoms with Gasteiger partial charge in [0.05, 0.1) is 11.4 Å². The quantitative estimate of drug-likeness (QED) is 0.737. The third-order valence-electron chi connectivity index (χ3n) is 3.42. The Morgan fingerprint density at radius 3 is 3.05 bits per heavy atom. The standard InChI is InChI=1S/C14H10N4O2S/c19-8-11-13(16-14-17(11)5-6-21-14)18-7-12(20)15-9-3-1-2-4-10(9)18/h1-6,8H,7H2,(H,15,20). The summed E-state index contributed by atoms with van der Waals surface area (Å²) in [5.41, 5.74) is 2.02. The van der Waals surface area contributed by atoms with E-state index in [2.05, 4.69) is 10.3 Å². The number of amides is 1. The Morgan fingerprint density at radius 1 is 1.33 bits per heavy atom. The van der Waals surface area contributed by atoms with Gasteiger partial charge in [0.25, 0.3) is 0 Å². The number of nitrogens with zero attached hydrogens (tertiary/aromatic N) is 3. The number of carbonyl (C=O) groups is 2. The van der Waals surface area contributed by atoms with Crippen LogP contribution in [0.25, 0.3) is 4.96 Å². The maximum absolute atomic E-state index is 11.9. The fourth-order valence-corrected chi connectivity index (χ4v) is 3.24. The maximum atomic E-state index is 11.9. The Kier molecular flexibility index (Phi) is 2.55. The molecule has 0 aliphatic carbocycles. The molecule has 21 heavy (non-hydrogen) atoms. The molecule has 0 saturated heterocycles. The van der Waals surface area contributed by atoms with Crippen LogP contribution in [0.2, 0.25) is 0 Å². The van der Waals surface area contributed by atoms with Crippen LogP contribution in [0.5, 0.6) is 0 Å². The summed E-state index contributed by atoms with van der Waals surface area (Å²) in [7, 11) is 0. The molecule has 1 aliphatic heterocycles. The molecule has 0 atom stereocenters. The molecule has 104 valence electrons. The number of aldehydes is 1. The monoisotopic (exact) mass is 298 g/mol. The van der Waals surface area contributed by atoms with Crippen molar-refractivity contribution in [3.63, 3.8) is 0 Å². The van der Waals surface area contributed by atoms with E-state index >= 15 is 0 Å². The fraction of sp³-hybridized carbons (Fsp3) is 0.0714. The van der Waals surface area contributed by atoms with Gasteiger partial charge < -0.3 is 10.2 Å². The van der Waals surface area contributed by atoms with E-state index in [1.807, 2.05) is 29.6 Å². The van der Waals surface area contributed by atoms with Crippen molar-refractivity contribution in [1.29, 1.82) is 0 Å². The highest BCUT2D eigenvalue weighted by Gasteiger charge is 2.27. The second-order valence-electron chi connectivity index (χ2n) is 4.65. The maximum Gasteiger partial charge on any atom is 0.244 e. The van der Waals surface area contributed by atoms with Crippen LogP contribution in [0, 0.1) is 0 Å². The van der Waals surface area contributed by atoms with E-state index in [-0.39, 0.29) is 12.5 Å². The molecular formula is C14H10N4O2S. The third kappa shape index (κ3) is 1.74. The summed E-state index contributed by atoms with van der Waals surface area (Å²) < 4.78 is 1.74. The SMILES string of the molecule is O=Cc1c(N2CC(=O)Nc3ccccc32)nc2sccn12. The number of aromatic nitrogens is 2. The van der Waals surface area contributed by atoms with Crippen molar-refractivity contribution in [1.82, 2.24) is 9.38 Å². The van der Waals surface area contributed by atoms with Crippen LogP contribution < -0.4 is 10.2 Å². The average Bonchev–Trinajstić information content (AvgIpc) is 3.06. The number of para-hydroxylation sites is 2. The molecule has 1 aliphatic rings. The van der Waals surface area contributed by atoms with Crippen LogP contribution in [0.3, 0.4) is 0 Å². The first kappa shape index (κ1) is 12.1. The lowest BCUT2D eigenvalue weighted by Crippen LogP contribution is -2.35. The molecule has 6 nitrogen and oxygen atoms in total. The van der Waals surface area contributed by atoms with Crippen molar-refractivity contribution in [3.05, 3.63) is 41.5 Å². The van der Waals surface area contributed by atoms with Crippen LogP contribution in [0.15, 0.2) is 35.8 Å². The largest absolute Gasteiger partial charge is 0.323 e. The molecule has 0 radical (unpaired) electrons. The smallest absolute Gasteiger partial charge is 0.244 e. The molecule has 7 heteroatoms. The number of imidazole rings is 1.